The summed E-state index contributed by atoms with van der Waals surface area (Å²) in [6.45, 7) is 7.28. The molecule has 0 bridgehead atoms. The Bertz CT molecular complexity index is 199. The Labute approximate surface area is 91.0 Å². The van der Waals surface area contributed by atoms with E-state index in [1.165, 1.54) is 0 Å². The van der Waals surface area contributed by atoms with Crippen LogP contribution in [0.1, 0.15) is 40.5 Å². The molecule has 0 aromatic heterocycles. The molecule has 0 fully saturated rings. The van der Waals surface area contributed by atoms with Gasteiger partial charge < -0.3 is 20.9 Å². The quantitative estimate of drug-likeness (QED) is 0.613. The van der Waals surface area contributed by atoms with Gasteiger partial charge in [-0.05, 0) is 27.2 Å². The maximum atomic E-state index is 11.3. The van der Waals surface area contributed by atoms with Gasteiger partial charge in [0.2, 0.25) is 0 Å². The molecule has 0 rings (SSSR count). The van der Waals surface area contributed by atoms with Gasteiger partial charge in [0.1, 0.15) is 11.8 Å². The van der Waals surface area contributed by atoms with E-state index in [4.69, 9.17) is 10.5 Å². The molecule has 90 valence electrons. The van der Waals surface area contributed by atoms with Crippen molar-refractivity contribution in [2.45, 2.75) is 58.4 Å². The number of alkyl carbamates (subject to hydrolysis) is 1. The van der Waals surface area contributed by atoms with Crippen LogP contribution < -0.4 is 11.1 Å². The molecule has 1 unspecified atom stereocenters. The third-order valence-corrected chi connectivity index (χ3v) is 1.71. The van der Waals surface area contributed by atoms with Crippen LogP contribution >= 0.6 is 0 Å². The average Bonchev–Trinajstić information content (AvgIpc) is 1.99. The van der Waals surface area contributed by atoms with E-state index in [0.717, 1.165) is 6.42 Å². The fourth-order valence-corrected chi connectivity index (χ4v) is 1.10. The van der Waals surface area contributed by atoms with Gasteiger partial charge in [0, 0.05) is 0 Å². The van der Waals surface area contributed by atoms with Crippen molar-refractivity contribution in [3.63, 3.8) is 0 Å². The fourth-order valence-electron chi connectivity index (χ4n) is 1.10. The van der Waals surface area contributed by atoms with E-state index in [9.17, 15) is 9.90 Å². The molecule has 0 radical (unpaired) electrons. The molecule has 0 aliphatic rings. The van der Waals surface area contributed by atoms with Crippen LogP contribution in [0.25, 0.3) is 0 Å². The first kappa shape index (κ1) is 14.2. The number of hydrogen-bond acceptors (Lipinski definition) is 4. The van der Waals surface area contributed by atoms with Crippen LogP contribution in [0.2, 0.25) is 0 Å². The molecule has 0 aliphatic heterocycles. The molecule has 0 aromatic rings. The van der Waals surface area contributed by atoms with Gasteiger partial charge >= 0.3 is 6.09 Å². The first-order valence-electron chi connectivity index (χ1n) is 5.19. The lowest BCUT2D eigenvalue weighted by atomic mass is 10.1. The molecular weight excluding hydrogens is 196 g/mol. The van der Waals surface area contributed by atoms with E-state index in [0.29, 0.717) is 6.42 Å². The summed E-state index contributed by atoms with van der Waals surface area (Å²) in [4.78, 5) is 11.3. The molecule has 0 heterocycles. The second-order valence-corrected chi connectivity index (χ2v) is 4.53. The zero-order valence-electron chi connectivity index (χ0n) is 9.91. The largest absolute Gasteiger partial charge is 0.444 e. The molecule has 5 nitrogen and oxygen atoms in total. The number of aliphatic hydroxyl groups is 1. The van der Waals surface area contributed by atoms with Gasteiger partial charge in [-0.3, -0.25) is 0 Å². The SMILES string of the molecule is CCC[C@H](NC(=O)OC(C)(C)C)C(N)O. The smallest absolute Gasteiger partial charge is 0.408 e. The minimum Gasteiger partial charge on any atom is -0.444 e. The zero-order valence-corrected chi connectivity index (χ0v) is 9.91. The molecule has 4 N–H and O–H groups in total. The molecular formula is C10H22N2O3. The highest BCUT2D eigenvalue weighted by Gasteiger charge is 2.21. The van der Waals surface area contributed by atoms with Crippen molar-refractivity contribution >= 4 is 6.09 Å². The highest BCUT2D eigenvalue weighted by atomic mass is 16.6. The Kier molecular flexibility index (Phi) is 5.60. The van der Waals surface area contributed by atoms with Gasteiger partial charge in [0.25, 0.3) is 0 Å². The monoisotopic (exact) mass is 218 g/mol. The van der Waals surface area contributed by atoms with E-state index in [1.54, 1.807) is 20.8 Å². The average molecular weight is 218 g/mol. The van der Waals surface area contributed by atoms with Crippen LogP contribution in [0, 0.1) is 0 Å². The Morgan fingerprint density at radius 3 is 2.40 bits per heavy atom. The van der Waals surface area contributed by atoms with E-state index >= 15 is 0 Å². The van der Waals surface area contributed by atoms with Crippen molar-refractivity contribution in [3.8, 4) is 0 Å². The number of nitrogens with one attached hydrogen (secondary N) is 1. The number of hydrogen-bond donors (Lipinski definition) is 3. The number of amides is 1. The molecule has 5 heteroatoms. The van der Waals surface area contributed by atoms with Crippen LogP contribution in [0.5, 0.6) is 0 Å². The number of carbonyl (C=O) groups is 1. The van der Waals surface area contributed by atoms with Crippen molar-refractivity contribution in [3.05, 3.63) is 0 Å². The van der Waals surface area contributed by atoms with Crippen molar-refractivity contribution < 1.29 is 14.6 Å². The van der Waals surface area contributed by atoms with E-state index in [2.05, 4.69) is 5.32 Å². The van der Waals surface area contributed by atoms with Gasteiger partial charge in [-0.25, -0.2) is 4.79 Å². The number of ether oxygens (including phenoxy) is 1. The summed E-state index contributed by atoms with van der Waals surface area (Å²) in [5, 5.41) is 11.7. The molecule has 0 aliphatic carbocycles. The van der Waals surface area contributed by atoms with E-state index < -0.39 is 24.0 Å². The van der Waals surface area contributed by atoms with Crippen molar-refractivity contribution in [2.75, 3.05) is 0 Å². The van der Waals surface area contributed by atoms with Crippen molar-refractivity contribution in [1.29, 1.82) is 0 Å². The van der Waals surface area contributed by atoms with Crippen LogP contribution in [-0.4, -0.2) is 29.1 Å². The normalized spacial score (nSPS) is 15.6. The van der Waals surface area contributed by atoms with Crippen molar-refractivity contribution in [1.82, 2.24) is 5.32 Å². The summed E-state index contributed by atoms with van der Waals surface area (Å²) in [5.41, 5.74) is 4.78. The molecule has 0 saturated heterocycles. The van der Waals surface area contributed by atoms with Gasteiger partial charge in [-0.15, -0.1) is 0 Å². The minimum absolute atomic E-state index is 0.454. The molecule has 0 aromatic carbocycles. The number of nitrogens with two attached hydrogens (primary N) is 1. The second kappa shape index (κ2) is 5.92. The van der Waals surface area contributed by atoms with Crippen LogP contribution in [0.4, 0.5) is 4.79 Å². The summed E-state index contributed by atoms with van der Waals surface area (Å²) in [6.07, 6.45) is -0.158. The Hall–Kier alpha value is -0.810. The van der Waals surface area contributed by atoms with Crippen LogP contribution in [0.15, 0.2) is 0 Å². The molecule has 0 spiro atoms. The Balaban J connectivity index is 4.11. The van der Waals surface area contributed by atoms with Crippen molar-refractivity contribution in [2.24, 2.45) is 5.73 Å². The van der Waals surface area contributed by atoms with Crippen LogP contribution in [-0.2, 0) is 4.74 Å². The molecule has 0 saturated carbocycles. The number of aliphatic hydroxyl groups excluding tert-OH is 1. The lowest BCUT2D eigenvalue weighted by Gasteiger charge is -2.24. The number of carbonyl (C=O) groups excluding carboxylic acids is 1. The summed E-state index contributed by atoms with van der Waals surface area (Å²) < 4.78 is 5.05. The minimum atomic E-state index is -1.06. The highest BCUT2D eigenvalue weighted by Crippen LogP contribution is 2.08. The van der Waals surface area contributed by atoms with Crippen LogP contribution in [0.3, 0.4) is 0 Å². The van der Waals surface area contributed by atoms with Gasteiger partial charge in [0.15, 0.2) is 0 Å². The number of rotatable bonds is 4. The van der Waals surface area contributed by atoms with Gasteiger partial charge in [-0.1, -0.05) is 13.3 Å². The molecule has 1 amide bonds. The van der Waals surface area contributed by atoms with Gasteiger partial charge in [0.05, 0.1) is 6.04 Å². The molecule has 15 heavy (non-hydrogen) atoms. The summed E-state index contributed by atoms with van der Waals surface area (Å²) in [7, 11) is 0. The van der Waals surface area contributed by atoms with Gasteiger partial charge in [-0.2, -0.15) is 0 Å². The standard InChI is InChI=1S/C10H22N2O3/c1-5-6-7(8(11)13)12-9(14)15-10(2,3)4/h7-8,13H,5-6,11H2,1-4H3,(H,12,14)/t7-,8?/m0/s1. The molecule has 2 atom stereocenters. The lowest BCUT2D eigenvalue weighted by Crippen LogP contribution is -2.48. The third-order valence-electron chi connectivity index (χ3n) is 1.71. The Morgan fingerprint density at radius 2 is 2.07 bits per heavy atom. The predicted molar refractivity (Wildman–Crippen MR) is 58.3 cm³/mol. The zero-order chi connectivity index (χ0) is 12.1. The third kappa shape index (κ3) is 7.16. The maximum absolute atomic E-state index is 11.3. The van der Waals surface area contributed by atoms with E-state index in [1.807, 2.05) is 6.92 Å². The van der Waals surface area contributed by atoms with E-state index in [-0.39, 0.29) is 0 Å². The second-order valence-electron chi connectivity index (χ2n) is 4.53. The highest BCUT2D eigenvalue weighted by molar-refractivity contribution is 5.68. The first-order valence-corrected chi connectivity index (χ1v) is 5.19. The lowest BCUT2D eigenvalue weighted by molar-refractivity contribution is 0.0420. The summed E-state index contributed by atoms with van der Waals surface area (Å²) >= 11 is 0. The maximum Gasteiger partial charge on any atom is 0.408 e. The fraction of sp³-hybridized carbons (Fsp3) is 0.900. The Morgan fingerprint density at radius 1 is 1.53 bits per heavy atom. The first-order chi connectivity index (χ1) is 6.76. The summed E-state index contributed by atoms with van der Waals surface area (Å²) in [6, 6.07) is -0.454. The topological polar surface area (TPSA) is 84.6 Å². The summed E-state index contributed by atoms with van der Waals surface area (Å²) in [5.74, 6) is 0. The predicted octanol–water partition coefficient (Wildman–Crippen LogP) is 0.957.